The van der Waals surface area contributed by atoms with Gasteiger partial charge in [-0.3, -0.25) is 0 Å². The van der Waals surface area contributed by atoms with E-state index in [9.17, 15) is 14.0 Å². The fourth-order valence-corrected chi connectivity index (χ4v) is 2.73. The molecule has 0 fully saturated rings. The third-order valence-corrected chi connectivity index (χ3v) is 3.96. The lowest BCUT2D eigenvalue weighted by Crippen LogP contribution is -2.00. The van der Waals surface area contributed by atoms with Gasteiger partial charge in [0.1, 0.15) is 17.7 Å². The first-order chi connectivity index (χ1) is 13.0. The molecule has 7 heteroatoms. The van der Waals surface area contributed by atoms with E-state index in [0.717, 1.165) is 6.07 Å². The number of nitrogens with zero attached hydrogens (tertiary/aromatic N) is 3. The van der Waals surface area contributed by atoms with Crippen molar-refractivity contribution in [3.8, 4) is 40.3 Å². The molecule has 1 aromatic heterocycles. The third-order valence-electron chi connectivity index (χ3n) is 3.96. The van der Waals surface area contributed by atoms with Gasteiger partial charge in [-0.1, -0.05) is 12.1 Å². The van der Waals surface area contributed by atoms with Crippen molar-refractivity contribution in [3.05, 3.63) is 65.2 Å². The Hall–Kier alpha value is -3.97. The van der Waals surface area contributed by atoms with E-state index in [1.807, 2.05) is 6.07 Å². The zero-order valence-corrected chi connectivity index (χ0v) is 14.1. The summed E-state index contributed by atoms with van der Waals surface area (Å²) in [5.74, 6) is -1.24. The van der Waals surface area contributed by atoms with Crippen molar-refractivity contribution in [2.75, 3.05) is 12.8 Å². The number of anilines is 1. The molecule has 1 heterocycles. The van der Waals surface area contributed by atoms with Gasteiger partial charge in [0.05, 0.1) is 30.0 Å². The maximum atomic E-state index is 14.2. The Kier molecular flexibility index (Phi) is 4.69. The Morgan fingerprint density at radius 2 is 1.59 bits per heavy atom. The van der Waals surface area contributed by atoms with Crippen LogP contribution in [0.1, 0.15) is 11.1 Å². The molecule has 0 spiro atoms. The van der Waals surface area contributed by atoms with Crippen LogP contribution in [0.3, 0.4) is 0 Å². The monoisotopic (exact) mass is 362 g/mol. The van der Waals surface area contributed by atoms with Gasteiger partial charge in [0.25, 0.3) is 0 Å². The first-order valence-electron chi connectivity index (χ1n) is 7.73. The minimum atomic E-state index is -0.732. The number of nitrogen functional groups attached to an aromatic ring is 1. The van der Waals surface area contributed by atoms with Gasteiger partial charge in [-0.25, -0.2) is 13.8 Å². The zero-order chi connectivity index (χ0) is 19.6. The summed E-state index contributed by atoms with van der Waals surface area (Å²) < 4.78 is 33.2. The predicted octanol–water partition coefficient (Wildman–Crippen LogP) is 4.03. The normalized spacial score (nSPS) is 10.1. The van der Waals surface area contributed by atoms with Crippen molar-refractivity contribution in [3.63, 3.8) is 0 Å². The molecule has 0 unspecified atom stereocenters. The predicted molar refractivity (Wildman–Crippen MR) is 95.4 cm³/mol. The van der Waals surface area contributed by atoms with Gasteiger partial charge in [0.2, 0.25) is 0 Å². The molecule has 2 aromatic carbocycles. The maximum Gasteiger partial charge on any atom is 0.165 e. The molecule has 3 aromatic rings. The molecule has 0 bridgehead atoms. The summed E-state index contributed by atoms with van der Waals surface area (Å²) in [6.45, 7) is 0. The Morgan fingerprint density at radius 3 is 2.19 bits per heavy atom. The number of pyridine rings is 1. The molecule has 0 saturated heterocycles. The van der Waals surface area contributed by atoms with Crippen LogP contribution in [0.25, 0.3) is 22.4 Å². The Bertz CT molecular complexity index is 1130. The average Bonchev–Trinajstić information content (AvgIpc) is 2.67. The van der Waals surface area contributed by atoms with E-state index < -0.39 is 11.6 Å². The number of hydrogen-bond donors (Lipinski definition) is 1. The van der Waals surface area contributed by atoms with E-state index in [-0.39, 0.29) is 28.4 Å². The van der Waals surface area contributed by atoms with Gasteiger partial charge in [-0.2, -0.15) is 10.5 Å². The van der Waals surface area contributed by atoms with Crippen molar-refractivity contribution in [1.29, 1.82) is 10.5 Å². The number of rotatable bonds is 3. The van der Waals surface area contributed by atoms with E-state index in [1.54, 1.807) is 12.1 Å². The minimum Gasteiger partial charge on any atom is -0.494 e. The van der Waals surface area contributed by atoms with Gasteiger partial charge in [0, 0.05) is 11.1 Å². The van der Waals surface area contributed by atoms with E-state index in [1.165, 1.54) is 37.4 Å². The number of ether oxygens (including phenoxy) is 1. The molecule has 0 aliphatic heterocycles. The van der Waals surface area contributed by atoms with Gasteiger partial charge in [0.15, 0.2) is 11.6 Å². The molecule has 3 rings (SSSR count). The summed E-state index contributed by atoms with van der Waals surface area (Å²) in [5, 5.41) is 18.4. The molecule has 132 valence electrons. The Labute approximate surface area is 153 Å². The Morgan fingerprint density at radius 1 is 0.926 bits per heavy atom. The second-order valence-electron chi connectivity index (χ2n) is 5.59. The molecule has 0 atom stereocenters. The molecule has 0 aliphatic carbocycles. The lowest BCUT2D eigenvalue weighted by molar-refractivity contribution is 0.386. The van der Waals surface area contributed by atoms with Crippen molar-refractivity contribution in [2.24, 2.45) is 0 Å². The van der Waals surface area contributed by atoms with Gasteiger partial charge >= 0.3 is 0 Å². The highest BCUT2D eigenvalue weighted by atomic mass is 19.1. The number of aromatic nitrogens is 1. The quantitative estimate of drug-likeness (QED) is 0.759. The lowest BCUT2D eigenvalue weighted by atomic mass is 9.94. The fraction of sp³-hybridized carbons (Fsp3) is 0.0500. The molecule has 27 heavy (non-hydrogen) atoms. The van der Waals surface area contributed by atoms with Gasteiger partial charge in [-0.05, 0) is 35.9 Å². The summed E-state index contributed by atoms with van der Waals surface area (Å²) in [6.07, 6.45) is 0. The summed E-state index contributed by atoms with van der Waals surface area (Å²) in [7, 11) is 1.34. The number of methoxy groups -OCH3 is 1. The largest absolute Gasteiger partial charge is 0.494 e. The van der Waals surface area contributed by atoms with Crippen molar-refractivity contribution in [2.45, 2.75) is 0 Å². The third kappa shape index (κ3) is 3.26. The van der Waals surface area contributed by atoms with E-state index >= 15 is 0 Å². The van der Waals surface area contributed by atoms with Crippen LogP contribution in [0, 0.1) is 34.3 Å². The second-order valence-corrected chi connectivity index (χ2v) is 5.59. The van der Waals surface area contributed by atoms with Crippen LogP contribution in [0.15, 0.2) is 42.5 Å². The number of nitrogens with two attached hydrogens (primary N) is 1. The first-order valence-corrected chi connectivity index (χ1v) is 7.73. The summed E-state index contributed by atoms with van der Waals surface area (Å²) >= 11 is 0. The number of benzene rings is 2. The SMILES string of the molecule is COc1ccc(-c2c(C#N)cc(N)nc2-c2ccc(C#N)c(F)c2)cc1F. The smallest absolute Gasteiger partial charge is 0.165 e. The molecular formula is C20H12F2N4O. The van der Waals surface area contributed by atoms with Gasteiger partial charge in [-0.15, -0.1) is 0 Å². The first kappa shape index (κ1) is 17.8. The van der Waals surface area contributed by atoms with Crippen molar-refractivity contribution < 1.29 is 13.5 Å². The highest BCUT2D eigenvalue weighted by Gasteiger charge is 2.18. The summed E-state index contributed by atoms with van der Waals surface area (Å²) in [5.41, 5.74) is 7.00. The van der Waals surface area contributed by atoms with Crippen LogP contribution in [0.5, 0.6) is 5.75 Å². The Balaban J connectivity index is 2.31. The standard InChI is InChI=1S/C20H12F2N4O/c1-27-17-5-4-11(6-16(17)22)19-14(10-24)8-18(25)26-20(19)12-2-3-13(9-23)15(21)7-12/h2-8H,1H3,(H2,25,26). The van der Waals surface area contributed by atoms with Crippen molar-refractivity contribution in [1.82, 2.24) is 4.98 Å². The summed E-state index contributed by atoms with van der Waals surface area (Å²) in [6, 6.07) is 13.2. The van der Waals surface area contributed by atoms with E-state index in [0.29, 0.717) is 16.7 Å². The average molecular weight is 362 g/mol. The lowest BCUT2D eigenvalue weighted by Gasteiger charge is -2.13. The van der Waals surface area contributed by atoms with E-state index in [4.69, 9.17) is 15.7 Å². The molecule has 0 aliphatic rings. The minimum absolute atomic E-state index is 0.0478. The molecule has 0 amide bonds. The molecule has 2 N–H and O–H groups in total. The topological polar surface area (TPSA) is 95.7 Å². The number of nitriles is 2. The molecule has 0 radical (unpaired) electrons. The van der Waals surface area contributed by atoms with Crippen LogP contribution in [-0.2, 0) is 0 Å². The van der Waals surface area contributed by atoms with Crippen LogP contribution in [0.2, 0.25) is 0 Å². The van der Waals surface area contributed by atoms with Crippen LogP contribution in [0.4, 0.5) is 14.6 Å². The van der Waals surface area contributed by atoms with Crippen molar-refractivity contribution >= 4 is 5.82 Å². The highest BCUT2D eigenvalue weighted by molar-refractivity contribution is 5.86. The van der Waals surface area contributed by atoms with Crippen LogP contribution >= 0.6 is 0 Å². The summed E-state index contributed by atoms with van der Waals surface area (Å²) in [4.78, 5) is 4.22. The maximum absolute atomic E-state index is 14.2. The molecule has 0 saturated carbocycles. The molecular weight excluding hydrogens is 350 g/mol. The van der Waals surface area contributed by atoms with E-state index in [2.05, 4.69) is 4.98 Å². The number of hydrogen-bond acceptors (Lipinski definition) is 5. The van der Waals surface area contributed by atoms with Crippen LogP contribution in [-0.4, -0.2) is 12.1 Å². The molecule has 5 nitrogen and oxygen atoms in total. The second kappa shape index (κ2) is 7.11. The van der Waals surface area contributed by atoms with Crippen LogP contribution < -0.4 is 10.5 Å². The fourth-order valence-electron chi connectivity index (χ4n) is 2.73. The highest BCUT2D eigenvalue weighted by Crippen LogP contribution is 2.36. The number of halogens is 2. The van der Waals surface area contributed by atoms with Gasteiger partial charge < -0.3 is 10.5 Å². The zero-order valence-electron chi connectivity index (χ0n) is 14.1.